The van der Waals surface area contributed by atoms with E-state index in [1.165, 1.54) is 35.8 Å². The molecule has 1 aromatic carbocycles. The second kappa shape index (κ2) is 4.19. The Labute approximate surface area is 99.7 Å². The molecule has 1 fully saturated rings. The van der Waals surface area contributed by atoms with Crippen molar-refractivity contribution in [2.24, 2.45) is 5.92 Å². The molecule has 0 bridgehead atoms. The smallest absolute Gasteiger partial charge is 0.0910 e. The maximum absolute atomic E-state index is 10.3. The maximum atomic E-state index is 10.3. The molecule has 1 atom stereocenters. The lowest BCUT2D eigenvalue weighted by atomic mass is 9.99. The number of hydrogen-bond donors (Lipinski definition) is 1. The molecular weight excluding hydrogens is 216 g/mol. The van der Waals surface area contributed by atoms with Crippen molar-refractivity contribution in [3.8, 4) is 0 Å². The molecule has 1 N–H and O–H groups in total. The predicted octanol–water partition coefficient (Wildman–Crippen LogP) is 4.12. The highest BCUT2D eigenvalue weighted by atomic mass is 32.1. The Morgan fingerprint density at radius 2 is 1.94 bits per heavy atom. The molecule has 1 nitrogen and oxygen atoms in total. The van der Waals surface area contributed by atoms with E-state index in [0.717, 1.165) is 4.88 Å². The molecule has 0 radical (unpaired) electrons. The molecule has 1 aromatic heterocycles. The van der Waals surface area contributed by atoms with Crippen LogP contribution < -0.4 is 0 Å². The molecule has 0 saturated heterocycles. The highest BCUT2D eigenvalue weighted by Gasteiger charge is 2.25. The van der Waals surface area contributed by atoms with Gasteiger partial charge in [-0.3, -0.25) is 0 Å². The largest absolute Gasteiger partial charge is 0.387 e. The molecule has 16 heavy (non-hydrogen) atoms. The van der Waals surface area contributed by atoms with Crippen LogP contribution in [0.2, 0.25) is 0 Å². The van der Waals surface area contributed by atoms with Gasteiger partial charge in [0.2, 0.25) is 0 Å². The summed E-state index contributed by atoms with van der Waals surface area (Å²) in [6, 6.07) is 10.5. The van der Waals surface area contributed by atoms with E-state index in [9.17, 15) is 5.11 Å². The zero-order chi connectivity index (χ0) is 11.0. The highest BCUT2D eigenvalue weighted by Crippen LogP contribution is 2.39. The Balaban J connectivity index is 1.92. The molecule has 1 heterocycles. The second-order valence-electron chi connectivity index (χ2n) is 4.68. The highest BCUT2D eigenvalue weighted by molar-refractivity contribution is 7.19. The third-order valence-electron chi connectivity index (χ3n) is 3.58. The third kappa shape index (κ3) is 1.76. The zero-order valence-corrected chi connectivity index (χ0v) is 10.0. The van der Waals surface area contributed by atoms with Crippen LogP contribution in [0.4, 0.5) is 0 Å². The van der Waals surface area contributed by atoms with E-state index in [1.54, 1.807) is 11.3 Å². The molecule has 1 unspecified atom stereocenters. The first kappa shape index (κ1) is 10.3. The Bertz CT molecular complexity index is 449. The van der Waals surface area contributed by atoms with Crippen molar-refractivity contribution in [3.05, 3.63) is 35.2 Å². The van der Waals surface area contributed by atoms with E-state index in [0.29, 0.717) is 5.92 Å². The number of hydrogen-bond acceptors (Lipinski definition) is 2. The van der Waals surface area contributed by atoms with Crippen LogP contribution in [-0.2, 0) is 0 Å². The second-order valence-corrected chi connectivity index (χ2v) is 5.79. The number of aliphatic hydroxyl groups is 1. The van der Waals surface area contributed by atoms with Gasteiger partial charge < -0.3 is 5.11 Å². The van der Waals surface area contributed by atoms with Crippen LogP contribution in [0.3, 0.4) is 0 Å². The van der Waals surface area contributed by atoms with Gasteiger partial charge >= 0.3 is 0 Å². The fourth-order valence-corrected chi connectivity index (χ4v) is 3.80. The van der Waals surface area contributed by atoms with Gasteiger partial charge in [-0.25, -0.2) is 0 Å². The van der Waals surface area contributed by atoms with Gasteiger partial charge in [0.1, 0.15) is 0 Å². The van der Waals surface area contributed by atoms with Crippen molar-refractivity contribution < 1.29 is 5.11 Å². The predicted molar refractivity (Wildman–Crippen MR) is 68.7 cm³/mol. The van der Waals surface area contributed by atoms with Gasteiger partial charge in [0.15, 0.2) is 0 Å². The first-order valence-corrected chi connectivity index (χ1v) is 6.83. The summed E-state index contributed by atoms with van der Waals surface area (Å²) in [5, 5.41) is 11.6. The summed E-state index contributed by atoms with van der Waals surface area (Å²) in [6.45, 7) is 0. The van der Waals surface area contributed by atoms with Crippen LogP contribution in [-0.4, -0.2) is 5.11 Å². The maximum Gasteiger partial charge on any atom is 0.0910 e. The summed E-state index contributed by atoms with van der Waals surface area (Å²) >= 11 is 1.74. The molecule has 2 heteroatoms. The van der Waals surface area contributed by atoms with Crippen molar-refractivity contribution in [3.63, 3.8) is 0 Å². The van der Waals surface area contributed by atoms with Crippen LogP contribution in [0.15, 0.2) is 30.3 Å². The minimum absolute atomic E-state index is 0.236. The van der Waals surface area contributed by atoms with E-state index >= 15 is 0 Å². The van der Waals surface area contributed by atoms with Crippen molar-refractivity contribution in [1.29, 1.82) is 0 Å². The summed E-state index contributed by atoms with van der Waals surface area (Å²) in [7, 11) is 0. The average molecular weight is 232 g/mol. The fraction of sp³-hybridized carbons (Fsp3) is 0.429. The van der Waals surface area contributed by atoms with Gasteiger partial charge in [-0.05, 0) is 36.3 Å². The fourth-order valence-electron chi connectivity index (χ4n) is 2.65. The lowest BCUT2D eigenvalue weighted by Gasteiger charge is -2.15. The first-order chi connectivity index (χ1) is 7.84. The van der Waals surface area contributed by atoms with Crippen molar-refractivity contribution in [2.45, 2.75) is 31.8 Å². The molecule has 1 aliphatic rings. The molecule has 2 aromatic rings. The van der Waals surface area contributed by atoms with E-state index < -0.39 is 0 Å². The summed E-state index contributed by atoms with van der Waals surface area (Å²) in [4.78, 5) is 1.15. The molecule has 0 aliphatic heterocycles. The average Bonchev–Trinajstić information content (AvgIpc) is 2.97. The van der Waals surface area contributed by atoms with Crippen LogP contribution in [0.25, 0.3) is 10.1 Å². The van der Waals surface area contributed by atoms with Gasteiger partial charge in [0.05, 0.1) is 6.10 Å². The topological polar surface area (TPSA) is 20.2 Å². The van der Waals surface area contributed by atoms with Crippen LogP contribution >= 0.6 is 11.3 Å². The third-order valence-corrected chi connectivity index (χ3v) is 4.77. The lowest BCUT2D eigenvalue weighted by Crippen LogP contribution is -2.06. The minimum atomic E-state index is -0.236. The molecule has 84 valence electrons. The molecule has 1 saturated carbocycles. The quantitative estimate of drug-likeness (QED) is 0.825. The molecule has 1 aliphatic carbocycles. The minimum Gasteiger partial charge on any atom is -0.387 e. The molecule has 0 amide bonds. The Morgan fingerprint density at radius 1 is 1.19 bits per heavy atom. The molecule has 3 rings (SSSR count). The SMILES string of the molecule is OC(c1cc2ccccc2s1)C1CCCC1. The van der Waals surface area contributed by atoms with E-state index in [1.807, 2.05) is 0 Å². The van der Waals surface area contributed by atoms with E-state index in [2.05, 4.69) is 30.3 Å². The zero-order valence-electron chi connectivity index (χ0n) is 9.23. The Morgan fingerprint density at radius 3 is 2.69 bits per heavy atom. The first-order valence-electron chi connectivity index (χ1n) is 6.01. The van der Waals surface area contributed by atoms with E-state index in [-0.39, 0.29) is 6.10 Å². The molecular formula is C14H16OS. The molecule has 0 spiro atoms. The number of rotatable bonds is 2. The number of thiophene rings is 1. The standard InChI is InChI=1S/C14H16OS/c15-14(10-5-1-2-6-10)13-9-11-7-3-4-8-12(11)16-13/h3-4,7-10,14-15H,1-2,5-6H2. The van der Waals surface area contributed by atoms with Crippen LogP contribution in [0, 0.1) is 5.92 Å². The van der Waals surface area contributed by atoms with Gasteiger partial charge in [0.25, 0.3) is 0 Å². The summed E-state index contributed by atoms with van der Waals surface area (Å²) < 4.78 is 1.29. The number of benzene rings is 1. The number of fused-ring (bicyclic) bond motifs is 1. The summed E-state index contributed by atoms with van der Waals surface area (Å²) in [6.07, 6.45) is 4.71. The Hall–Kier alpha value is -0.860. The lowest BCUT2D eigenvalue weighted by molar-refractivity contribution is 0.115. The Kier molecular flexibility index (Phi) is 2.70. The summed E-state index contributed by atoms with van der Waals surface area (Å²) in [5.74, 6) is 0.494. The van der Waals surface area contributed by atoms with E-state index in [4.69, 9.17) is 0 Å². The van der Waals surface area contributed by atoms with Gasteiger partial charge in [-0.2, -0.15) is 0 Å². The monoisotopic (exact) mass is 232 g/mol. The number of aliphatic hydroxyl groups excluding tert-OH is 1. The summed E-state index contributed by atoms with van der Waals surface area (Å²) in [5.41, 5.74) is 0. The van der Waals surface area contributed by atoms with Gasteiger partial charge in [-0.15, -0.1) is 11.3 Å². The van der Waals surface area contributed by atoms with Crippen molar-refractivity contribution in [2.75, 3.05) is 0 Å². The van der Waals surface area contributed by atoms with Crippen molar-refractivity contribution in [1.82, 2.24) is 0 Å². The van der Waals surface area contributed by atoms with Crippen molar-refractivity contribution >= 4 is 21.4 Å². The van der Waals surface area contributed by atoms with Gasteiger partial charge in [0, 0.05) is 9.58 Å². The van der Waals surface area contributed by atoms with Crippen LogP contribution in [0.1, 0.15) is 36.7 Å². The normalized spacial score (nSPS) is 19.3. The van der Waals surface area contributed by atoms with Gasteiger partial charge in [-0.1, -0.05) is 31.0 Å². The van der Waals surface area contributed by atoms with Crippen LogP contribution in [0.5, 0.6) is 0 Å².